The van der Waals surface area contributed by atoms with Gasteiger partial charge in [-0.3, -0.25) is 4.79 Å². The fraction of sp³-hybridized carbons (Fsp3) is 0.250. The first-order valence-electron chi connectivity index (χ1n) is 7.12. The van der Waals surface area contributed by atoms with Crippen molar-refractivity contribution in [2.45, 2.75) is 26.2 Å². The molecule has 1 N–H and O–H groups in total. The molecule has 3 aromatic rings. The first-order chi connectivity index (χ1) is 11.0. The van der Waals surface area contributed by atoms with Crippen LogP contribution >= 0.6 is 11.3 Å². The van der Waals surface area contributed by atoms with E-state index in [2.05, 4.69) is 15.0 Å². The molecule has 6 nitrogen and oxygen atoms in total. The first kappa shape index (κ1) is 15.4. The molecule has 0 saturated carbocycles. The first-order valence-corrected chi connectivity index (χ1v) is 8.00. The van der Waals surface area contributed by atoms with Crippen LogP contribution in [-0.2, 0) is 11.2 Å². The van der Waals surface area contributed by atoms with Crippen molar-refractivity contribution in [3.63, 3.8) is 0 Å². The standard InChI is InChI=1S/C16H15N3O3S/c1-9(2)15-17-7-10(8-18-15)16-19-11(6-13(20)21)14(22-16)12-4-3-5-23-12/h3-5,7-9H,6H2,1-2H3,(H,20,21). The van der Waals surface area contributed by atoms with Crippen LogP contribution < -0.4 is 0 Å². The molecule has 0 spiro atoms. The molecule has 0 saturated heterocycles. The van der Waals surface area contributed by atoms with Gasteiger partial charge in [0.05, 0.1) is 22.6 Å². The van der Waals surface area contributed by atoms with Crippen LogP contribution in [0.3, 0.4) is 0 Å². The molecule has 0 atom stereocenters. The number of carboxylic acids is 1. The molecule has 0 unspecified atom stereocenters. The van der Waals surface area contributed by atoms with Gasteiger partial charge in [-0.2, -0.15) is 0 Å². The van der Waals surface area contributed by atoms with Gasteiger partial charge < -0.3 is 9.52 Å². The molecule has 3 rings (SSSR count). The van der Waals surface area contributed by atoms with Gasteiger partial charge in [0, 0.05) is 18.3 Å². The maximum absolute atomic E-state index is 11.1. The van der Waals surface area contributed by atoms with Gasteiger partial charge in [0.1, 0.15) is 5.82 Å². The second-order valence-electron chi connectivity index (χ2n) is 5.33. The highest BCUT2D eigenvalue weighted by atomic mass is 32.1. The molecule has 0 aromatic carbocycles. The highest BCUT2D eigenvalue weighted by molar-refractivity contribution is 7.13. The Hall–Kier alpha value is -2.54. The largest absolute Gasteiger partial charge is 0.481 e. The molecular weight excluding hydrogens is 314 g/mol. The van der Waals surface area contributed by atoms with E-state index in [1.807, 2.05) is 31.4 Å². The molecule has 0 aliphatic rings. The second kappa shape index (κ2) is 6.29. The lowest BCUT2D eigenvalue weighted by atomic mass is 10.2. The second-order valence-corrected chi connectivity index (χ2v) is 6.27. The Morgan fingerprint density at radius 1 is 1.35 bits per heavy atom. The van der Waals surface area contributed by atoms with Crippen LogP contribution in [0.2, 0.25) is 0 Å². The minimum Gasteiger partial charge on any atom is -0.481 e. The van der Waals surface area contributed by atoms with E-state index in [4.69, 9.17) is 9.52 Å². The van der Waals surface area contributed by atoms with Crippen LogP contribution in [0.1, 0.15) is 31.3 Å². The van der Waals surface area contributed by atoms with Gasteiger partial charge in [-0.05, 0) is 11.4 Å². The van der Waals surface area contributed by atoms with Crippen molar-refractivity contribution in [1.82, 2.24) is 15.0 Å². The molecule has 118 valence electrons. The minimum absolute atomic E-state index is 0.193. The van der Waals surface area contributed by atoms with Crippen LogP contribution in [0.4, 0.5) is 0 Å². The summed E-state index contributed by atoms with van der Waals surface area (Å²) in [4.78, 5) is 24.8. The molecule has 0 bridgehead atoms. The van der Waals surface area contributed by atoms with Crippen molar-refractivity contribution < 1.29 is 14.3 Å². The van der Waals surface area contributed by atoms with Crippen molar-refractivity contribution in [2.75, 3.05) is 0 Å². The third-order valence-corrected chi connectivity index (χ3v) is 4.06. The molecule has 0 amide bonds. The van der Waals surface area contributed by atoms with Crippen molar-refractivity contribution in [3.8, 4) is 22.1 Å². The van der Waals surface area contributed by atoms with Crippen LogP contribution in [0.5, 0.6) is 0 Å². The van der Waals surface area contributed by atoms with Crippen LogP contribution in [0, 0.1) is 0 Å². The van der Waals surface area contributed by atoms with E-state index in [1.54, 1.807) is 12.4 Å². The third-order valence-electron chi connectivity index (χ3n) is 3.20. The molecule has 0 radical (unpaired) electrons. The number of oxazole rings is 1. The number of thiophene rings is 1. The Labute approximate surface area is 136 Å². The summed E-state index contributed by atoms with van der Waals surface area (Å²) in [5.41, 5.74) is 1.03. The lowest BCUT2D eigenvalue weighted by molar-refractivity contribution is -0.136. The Morgan fingerprint density at radius 2 is 2.09 bits per heavy atom. The lowest BCUT2D eigenvalue weighted by Crippen LogP contribution is -2.01. The van der Waals surface area contributed by atoms with Crippen molar-refractivity contribution in [1.29, 1.82) is 0 Å². The number of hydrogen-bond acceptors (Lipinski definition) is 6. The maximum atomic E-state index is 11.1. The number of hydrogen-bond donors (Lipinski definition) is 1. The monoisotopic (exact) mass is 329 g/mol. The number of rotatable bonds is 5. The predicted molar refractivity (Wildman–Crippen MR) is 86.3 cm³/mol. The smallest absolute Gasteiger partial charge is 0.309 e. The molecule has 0 aliphatic heterocycles. The van der Waals surface area contributed by atoms with E-state index in [0.29, 0.717) is 22.9 Å². The summed E-state index contributed by atoms with van der Waals surface area (Å²) in [6.07, 6.45) is 3.11. The van der Waals surface area contributed by atoms with E-state index < -0.39 is 5.97 Å². The highest BCUT2D eigenvalue weighted by Crippen LogP contribution is 2.32. The zero-order valence-corrected chi connectivity index (χ0v) is 13.5. The zero-order valence-electron chi connectivity index (χ0n) is 12.7. The highest BCUT2D eigenvalue weighted by Gasteiger charge is 2.19. The summed E-state index contributed by atoms with van der Waals surface area (Å²) >= 11 is 1.47. The Bertz CT molecular complexity index is 808. The zero-order chi connectivity index (χ0) is 16.4. The molecule has 3 heterocycles. The quantitative estimate of drug-likeness (QED) is 0.769. The normalized spacial score (nSPS) is 11.1. The van der Waals surface area contributed by atoms with Crippen LogP contribution in [0.15, 0.2) is 34.3 Å². The number of nitrogens with zero attached hydrogens (tertiary/aromatic N) is 3. The number of aliphatic carboxylic acids is 1. The summed E-state index contributed by atoms with van der Waals surface area (Å²) < 4.78 is 5.80. The summed E-state index contributed by atoms with van der Waals surface area (Å²) in [5.74, 6) is 0.849. The molecule has 0 fully saturated rings. The third kappa shape index (κ3) is 3.29. The Kier molecular flexibility index (Phi) is 4.20. The van der Waals surface area contributed by atoms with E-state index in [0.717, 1.165) is 10.7 Å². The SMILES string of the molecule is CC(C)c1ncc(-c2nc(CC(=O)O)c(-c3cccs3)o2)cn1. The van der Waals surface area contributed by atoms with E-state index in [1.165, 1.54) is 11.3 Å². The maximum Gasteiger partial charge on any atom is 0.309 e. The van der Waals surface area contributed by atoms with E-state index in [9.17, 15) is 4.79 Å². The molecule has 3 aromatic heterocycles. The van der Waals surface area contributed by atoms with Gasteiger partial charge in [0.15, 0.2) is 5.76 Å². The molecule has 7 heteroatoms. The number of aromatic nitrogens is 3. The summed E-state index contributed by atoms with van der Waals surface area (Å²) in [7, 11) is 0. The fourth-order valence-corrected chi connectivity index (χ4v) is 2.81. The van der Waals surface area contributed by atoms with Crippen molar-refractivity contribution in [2.24, 2.45) is 0 Å². The van der Waals surface area contributed by atoms with E-state index >= 15 is 0 Å². The van der Waals surface area contributed by atoms with Gasteiger partial charge in [-0.15, -0.1) is 11.3 Å². The predicted octanol–water partition coefficient (Wildman–Crippen LogP) is 3.61. The van der Waals surface area contributed by atoms with Crippen LogP contribution in [0.25, 0.3) is 22.1 Å². The van der Waals surface area contributed by atoms with Crippen molar-refractivity contribution in [3.05, 3.63) is 41.4 Å². The molecule has 23 heavy (non-hydrogen) atoms. The Balaban J connectivity index is 2.01. The molecular formula is C16H15N3O3S. The van der Waals surface area contributed by atoms with E-state index in [-0.39, 0.29) is 12.3 Å². The van der Waals surface area contributed by atoms with Gasteiger partial charge >= 0.3 is 5.97 Å². The van der Waals surface area contributed by atoms with Gasteiger partial charge in [-0.1, -0.05) is 19.9 Å². The summed E-state index contributed by atoms with van der Waals surface area (Å²) in [6.45, 7) is 4.03. The van der Waals surface area contributed by atoms with Gasteiger partial charge in [-0.25, -0.2) is 15.0 Å². The molecule has 0 aliphatic carbocycles. The summed E-state index contributed by atoms with van der Waals surface area (Å²) in [6, 6.07) is 3.76. The van der Waals surface area contributed by atoms with Gasteiger partial charge in [0.25, 0.3) is 0 Å². The minimum atomic E-state index is -0.950. The van der Waals surface area contributed by atoms with Crippen LogP contribution in [-0.4, -0.2) is 26.0 Å². The Morgan fingerprint density at radius 3 is 2.65 bits per heavy atom. The lowest BCUT2D eigenvalue weighted by Gasteiger charge is -2.02. The fourth-order valence-electron chi connectivity index (χ4n) is 2.09. The van der Waals surface area contributed by atoms with Gasteiger partial charge in [0.2, 0.25) is 5.89 Å². The summed E-state index contributed by atoms with van der Waals surface area (Å²) in [5, 5.41) is 11.0. The number of carbonyl (C=O) groups is 1. The van der Waals surface area contributed by atoms with Crippen molar-refractivity contribution >= 4 is 17.3 Å². The average molecular weight is 329 g/mol. The average Bonchev–Trinajstić information content (AvgIpc) is 3.16. The number of carboxylic acid groups (broad SMARTS) is 1. The topological polar surface area (TPSA) is 89.1 Å².